The Balaban J connectivity index is 2.01. The van der Waals surface area contributed by atoms with E-state index >= 15 is 0 Å². The summed E-state index contributed by atoms with van der Waals surface area (Å²) in [4.78, 5) is 11.5. The SMILES string of the molecule is Cc1[nH]nc2c1C(c1cn(CC(N)=O)c3ccccc13)C(C#N)=C(N)O2. The molecule has 0 saturated heterocycles. The molecule has 130 valence electrons. The van der Waals surface area contributed by atoms with Gasteiger partial charge in [0.05, 0.1) is 5.92 Å². The summed E-state index contributed by atoms with van der Waals surface area (Å²) in [5.74, 6) is -0.500. The molecule has 0 aliphatic carbocycles. The Morgan fingerprint density at radius 1 is 1.46 bits per heavy atom. The van der Waals surface area contributed by atoms with Crippen molar-refractivity contribution in [3.63, 3.8) is 0 Å². The number of hydrogen-bond acceptors (Lipinski definition) is 5. The van der Waals surface area contributed by atoms with E-state index in [2.05, 4.69) is 16.3 Å². The maximum atomic E-state index is 11.5. The first kappa shape index (κ1) is 15.8. The van der Waals surface area contributed by atoms with Crippen LogP contribution in [-0.4, -0.2) is 20.7 Å². The average Bonchev–Trinajstić information content (AvgIpc) is 3.15. The molecule has 1 aliphatic rings. The summed E-state index contributed by atoms with van der Waals surface area (Å²) < 4.78 is 7.28. The zero-order valence-electron chi connectivity index (χ0n) is 14.0. The summed E-state index contributed by atoms with van der Waals surface area (Å²) in [6.07, 6.45) is 1.84. The van der Waals surface area contributed by atoms with Crippen molar-refractivity contribution < 1.29 is 9.53 Å². The summed E-state index contributed by atoms with van der Waals surface area (Å²) >= 11 is 0. The highest BCUT2D eigenvalue weighted by atomic mass is 16.5. The lowest BCUT2D eigenvalue weighted by molar-refractivity contribution is -0.118. The van der Waals surface area contributed by atoms with Crippen LogP contribution in [0.5, 0.6) is 5.88 Å². The molecule has 4 rings (SSSR count). The van der Waals surface area contributed by atoms with Gasteiger partial charge in [-0.3, -0.25) is 9.89 Å². The number of rotatable bonds is 3. The number of carbonyl (C=O) groups excluding carboxylic acids is 1. The third-order valence-electron chi connectivity index (χ3n) is 4.59. The van der Waals surface area contributed by atoms with Gasteiger partial charge in [0.1, 0.15) is 18.2 Å². The Morgan fingerprint density at radius 2 is 2.23 bits per heavy atom. The molecule has 8 nitrogen and oxygen atoms in total. The third-order valence-corrected chi connectivity index (χ3v) is 4.59. The molecule has 1 aromatic carbocycles. The second-order valence-corrected chi connectivity index (χ2v) is 6.19. The van der Waals surface area contributed by atoms with Gasteiger partial charge in [-0.25, -0.2) is 0 Å². The van der Waals surface area contributed by atoms with Crippen LogP contribution in [0.3, 0.4) is 0 Å². The van der Waals surface area contributed by atoms with E-state index in [1.165, 1.54) is 0 Å². The molecule has 2 aromatic heterocycles. The van der Waals surface area contributed by atoms with E-state index in [1.54, 1.807) is 4.57 Å². The first-order valence-electron chi connectivity index (χ1n) is 7.99. The smallest absolute Gasteiger partial charge is 0.244 e. The summed E-state index contributed by atoms with van der Waals surface area (Å²) in [7, 11) is 0. The Labute approximate surface area is 148 Å². The molecule has 1 atom stereocenters. The molecular weight excluding hydrogens is 332 g/mol. The highest BCUT2D eigenvalue weighted by molar-refractivity contribution is 5.87. The van der Waals surface area contributed by atoms with Crippen molar-refractivity contribution in [2.45, 2.75) is 19.4 Å². The zero-order chi connectivity index (χ0) is 18.4. The van der Waals surface area contributed by atoms with E-state index in [0.717, 1.165) is 27.7 Å². The van der Waals surface area contributed by atoms with E-state index in [1.807, 2.05) is 37.4 Å². The van der Waals surface area contributed by atoms with Gasteiger partial charge >= 0.3 is 0 Å². The van der Waals surface area contributed by atoms with Crippen LogP contribution in [0.25, 0.3) is 10.9 Å². The number of fused-ring (bicyclic) bond motifs is 2. The first-order chi connectivity index (χ1) is 12.5. The highest BCUT2D eigenvalue weighted by Gasteiger charge is 2.35. The van der Waals surface area contributed by atoms with E-state index in [0.29, 0.717) is 11.5 Å². The maximum Gasteiger partial charge on any atom is 0.244 e. The summed E-state index contributed by atoms with van der Waals surface area (Å²) in [5, 5.41) is 17.6. The molecule has 1 aliphatic heterocycles. The molecule has 0 spiro atoms. The second-order valence-electron chi connectivity index (χ2n) is 6.19. The third kappa shape index (κ3) is 2.22. The number of H-pyrrole nitrogens is 1. The van der Waals surface area contributed by atoms with Crippen LogP contribution in [0, 0.1) is 18.3 Å². The first-order valence-corrected chi connectivity index (χ1v) is 7.99. The monoisotopic (exact) mass is 348 g/mol. The van der Waals surface area contributed by atoms with Gasteiger partial charge in [0.15, 0.2) is 0 Å². The standard InChI is InChI=1S/C18H16N6O2/c1-9-15-16(11(6-19)17(21)26-18(15)23-22-9)12-7-24(8-14(20)25)13-5-3-2-4-10(12)13/h2-5,7,16H,8,21H2,1H3,(H2,20,25)(H,22,23). The van der Waals surface area contributed by atoms with Crippen molar-refractivity contribution in [1.82, 2.24) is 14.8 Å². The van der Waals surface area contributed by atoms with Crippen molar-refractivity contribution in [3.8, 4) is 11.9 Å². The minimum absolute atomic E-state index is 0.0308. The van der Waals surface area contributed by atoms with Crippen LogP contribution in [0.1, 0.15) is 22.7 Å². The number of nitrogens with zero attached hydrogens (tertiary/aromatic N) is 3. The van der Waals surface area contributed by atoms with Crippen LogP contribution in [0.15, 0.2) is 41.9 Å². The fraction of sp³-hybridized carbons (Fsp3) is 0.167. The lowest BCUT2D eigenvalue weighted by Gasteiger charge is -2.23. The van der Waals surface area contributed by atoms with E-state index < -0.39 is 11.8 Å². The van der Waals surface area contributed by atoms with E-state index in [4.69, 9.17) is 16.2 Å². The molecule has 3 heterocycles. The van der Waals surface area contributed by atoms with Crippen molar-refractivity contribution in [2.75, 3.05) is 0 Å². The molecule has 1 unspecified atom stereocenters. The largest absolute Gasteiger partial charge is 0.420 e. The lowest BCUT2D eigenvalue weighted by atomic mass is 9.84. The Kier molecular flexibility index (Phi) is 3.44. The molecule has 1 amide bonds. The Hall–Kier alpha value is -3.73. The van der Waals surface area contributed by atoms with Gasteiger partial charge < -0.3 is 20.8 Å². The number of aromatic nitrogens is 3. The number of hydrogen-bond donors (Lipinski definition) is 3. The van der Waals surface area contributed by atoms with Crippen molar-refractivity contribution in [3.05, 3.63) is 58.7 Å². The number of nitrogens with two attached hydrogens (primary N) is 2. The molecule has 26 heavy (non-hydrogen) atoms. The zero-order valence-corrected chi connectivity index (χ0v) is 14.0. The van der Waals surface area contributed by atoms with Crippen LogP contribution in [-0.2, 0) is 11.3 Å². The number of para-hydroxylation sites is 1. The summed E-state index contributed by atoms with van der Waals surface area (Å²) in [5.41, 5.74) is 14.9. The minimum atomic E-state index is -0.444. The Bertz CT molecular complexity index is 1110. The number of aromatic amines is 1. The van der Waals surface area contributed by atoms with E-state index in [9.17, 15) is 10.1 Å². The molecule has 3 aromatic rings. The van der Waals surface area contributed by atoms with E-state index in [-0.39, 0.29) is 12.4 Å². The van der Waals surface area contributed by atoms with Crippen molar-refractivity contribution in [2.24, 2.45) is 11.5 Å². The van der Waals surface area contributed by atoms with Crippen LogP contribution >= 0.6 is 0 Å². The molecule has 0 fully saturated rings. The van der Waals surface area contributed by atoms with Gasteiger partial charge in [-0.2, -0.15) is 5.26 Å². The molecule has 8 heteroatoms. The molecule has 5 N–H and O–H groups in total. The number of carbonyl (C=O) groups is 1. The number of benzene rings is 1. The fourth-order valence-electron chi connectivity index (χ4n) is 3.51. The molecule has 0 saturated carbocycles. The number of ether oxygens (including phenoxy) is 1. The molecule has 0 bridgehead atoms. The number of amides is 1. The number of aryl methyl sites for hydroxylation is 1. The number of primary amides is 1. The summed E-state index contributed by atoms with van der Waals surface area (Å²) in [6.45, 7) is 1.91. The van der Waals surface area contributed by atoms with Gasteiger partial charge in [-0.15, -0.1) is 5.10 Å². The maximum absolute atomic E-state index is 11.5. The van der Waals surface area contributed by atoms with Crippen LogP contribution in [0.2, 0.25) is 0 Å². The van der Waals surface area contributed by atoms with Gasteiger partial charge in [0.25, 0.3) is 0 Å². The Morgan fingerprint density at radius 3 is 2.96 bits per heavy atom. The van der Waals surface area contributed by atoms with Crippen LogP contribution < -0.4 is 16.2 Å². The highest BCUT2D eigenvalue weighted by Crippen LogP contribution is 2.45. The van der Waals surface area contributed by atoms with Gasteiger partial charge in [-0.05, 0) is 18.6 Å². The minimum Gasteiger partial charge on any atom is -0.420 e. The number of nitriles is 1. The predicted molar refractivity (Wildman–Crippen MR) is 93.8 cm³/mol. The second kappa shape index (κ2) is 5.67. The number of nitrogens with one attached hydrogen (secondary N) is 1. The topological polar surface area (TPSA) is 136 Å². The summed E-state index contributed by atoms with van der Waals surface area (Å²) in [6, 6.07) is 9.80. The van der Waals surface area contributed by atoms with Gasteiger partial charge in [-0.1, -0.05) is 18.2 Å². The fourth-order valence-corrected chi connectivity index (χ4v) is 3.51. The average molecular weight is 348 g/mol. The molecular formula is C18H16N6O2. The number of allylic oxidation sites excluding steroid dienone is 1. The van der Waals surface area contributed by atoms with Gasteiger partial charge in [0, 0.05) is 28.4 Å². The lowest BCUT2D eigenvalue weighted by Crippen LogP contribution is -2.21. The normalized spacial score (nSPS) is 16.2. The molecule has 0 radical (unpaired) electrons. The predicted octanol–water partition coefficient (Wildman–Crippen LogP) is 1.38. The van der Waals surface area contributed by atoms with Gasteiger partial charge in [0.2, 0.25) is 17.7 Å². The van der Waals surface area contributed by atoms with Crippen molar-refractivity contribution >= 4 is 16.8 Å². The van der Waals surface area contributed by atoms with Crippen molar-refractivity contribution in [1.29, 1.82) is 5.26 Å². The van der Waals surface area contributed by atoms with Crippen LogP contribution in [0.4, 0.5) is 0 Å². The quantitative estimate of drug-likeness (QED) is 0.657.